The van der Waals surface area contributed by atoms with Crippen molar-refractivity contribution in [3.05, 3.63) is 40.8 Å². The largest absolute Gasteiger partial charge is 0.486 e. The Morgan fingerprint density at radius 1 is 1.10 bits per heavy atom. The van der Waals surface area contributed by atoms with Gasteiger partial charge in [-0.15, -0.1) is 0 Å². The number of fused-ring (bicyclic) bond motifs is 1. The van der Waals surface area contributed by atoms with E-state index >= 15 is 0 Å². The maximum Gasteiger partial charge on any atom is 0.161 e. The Morgan fingerprint density at radius 2 is 1.95 bits per heavy atom. The molecule has 1 aromatic heterocycles. The molecule has 2 aromatic rings. The van der Waals surface area contributed by atoms with Crippen LogP contribution >= 0.6 is 15.9 Å². The molecular formula is C14H14BrN3O2. The van der Waals surface area contributed by atoms with Crippen LogP contribution in [0.15, 0.2) is 35.2 Å². The number of halogens is 1. The second kappa shape index (κ2) is 6.09. The predicted octanol–water partition coefficient (Wildman–Crippen LogP) is 2.66. The van der Waals surface area contributed by atoms with Crippen LogP contribution in [0, 0.1) is 0 Å². The molecule has 2 heterocycles. The summed E-state index contributed by atoms with van der Waals surface area (Å²) in [5.41, 5.74) is 1.20. The van der Waals surface area contributed by atoms with Gasteiger partial charge in [0.15, 0.2) is 11.5 Å². The Morgan fingerprint density at radius 3 is 2.80 bits per heavy atom. The molecular weight excluding hydrogens is 322 g/mol. The summed E-state index contributed by atoms with van der Waals surface area (Å²) in [6, 6.07) is 7.91. The van der Waals surface area contributed by atoms with Gasteiger partial charge in [-0.2, -0.15) is 0 Å². The molecule has 0 unspecified atom stereocenters. The van der Waals surface area contributed by atoms with Crippen molar-refractivity contribution >= 4 is 21.7 Å². The van der Waals surface area contributed by atoms with Gasteiger partial charge in [-0.1, -0.05) is 6.07 Å². The summed E-state index contributed by atoms with van der Waals surface area (Å²) in [7, 11) is 0. The summed E-state index contributed by atoms with van der Waals surface area (Å²) in [4.78, 5) is 8.13. The highest BCUT2D eigenvalue weighted by Crippen LogP contribution is 2.30. The highest BCUT2D eigenvalue weighted by Gasteiger charge is 2.11. The van der Waals surface area contributed by atoms with Crippen molar-refractivity contribution in [2.75, 3.05) is 25.1 Å². The van der Waals surface area contributed by atoms with Gasteiger partial charge in [0, 0.05) is 12.6 Å². The SMILES string of the molecule is Brc1cc(NCCc2ccc3c(c2)OCCO3)ncn1. The van der Waals surface area contributed by atoms with Gasteiger partial charge in [0.2, 0.25) is 0 Å². The maximum absolute atomic E-state index is 5.57. The zero-order valence-electron chi connectivity index (χ0n) is 10.8. The summed E-state index contributed by atoms with van der Waals surface area (Å²) in [5.74, 6) is 2.47. The van der Waals surface area contributed by atoms with Gasteiger partial charge >= 0.3 is 0 Å². The lowest BCUT2D eigenvalue weighted by Crippen LogP contribution is -2.15. The number of aromatic nitrogens is 2. The van der Waals surface area contributed by atoms with Crippen LogP contribution in [0.1, 0.15) is 5.56 Å². The molecule has 0 spiro atoms. The topological polar surface area (TPSA) is 56.3 Å². The van der Waals surface area contributed by atoms with E-state index < -0.39 is 0 Å². The molecule has 1 aliphatic heterocycles. The third-order valence-electron chi connectivity index (χ3n) is 2.96. The van der Waals surface area contributed by atoms with E-state index in [0.29, 0.717) is 13.2 Å². The normalized spacial score (nSPS) is 13.1. The summed E-state index contributed by atoms with van der Waals surface area (Å²) < 4.78 is 11.8. The third-order valence-corrected chi connectivity index (χ3v) is 3.39. The number of hydrogen-bond acceptors (Lipinski definition) is 5. The van der Waals surface area contributed by atoms with Gasteiger partial charge < -0.3 is 14.8 Å². The summed E-state index contributed by atoms with van der Waals surface area (Å²) in [6.45, 7) is 2.03. The zero-order valence-corrected chi connectivity index (χ0v) is 12.4. The molecule has 6 heteroatoms. The summed E-state index contributed by atoms with van der Waals surface area (Å²) in [5, 5.41) is 3.26. The van der Waals surface area contributed by atoms with Gasteiger partial charge in [0.05, 0.1) is 0 Å². The molecule has 0 bridgehead atoms. The molecule has 1 aliphatic rings. The second-order valence-corrected chi connectivity index (χ2v) is 5.19. The van der Waals surface area contributed by atoms with E-state index in [1.54, 1.807) is 0 Å². The van der Waals surface area contributed by atoms with E-state index in [9.17, 15) is 0 Å². The first-order chi connectivity index (χ1) is 9.81. The molecule has 0 radical (unpaired) electrons. The van der Waals surface area contributed by atoms with E-state index in [1.165, 1.54) is 11.9 Å². The van der Waals surface area contributed by atoms with Crippen molar-refractivity contribution in [2.24, 2.45) is 0 Å². The van der Waals surface area contributed by atoms with Crippen LogP contribution in [0.3, 0.4) is 0 Å². The number of nitrogens with one attached hydrogen (secondary N) is 1. The van der Waals surface area contributed by atoms with E-state index in [1.807, 2.05) is 18.2 Å². The lowest BCUT2D eigenvalue weighted by Gasteiger charge is -2.18. The fourth-order valence-corrected chi connectivity index (χ4v) is 2.32. The van der Waals surface area contributed by atoms with E-state index in [0.717, 1.165) is 34.9 Å². The zero-order chi connectivity index (χ0) is 13.8. The first-order valence-corrected chi connectivity index (χ1v) is 7.20. The Kier molecular flexibility index (Phi) is 4.01. The minimum absolute atomic E-state index is 0.615. The molecule has 1 N–H and O–H groups in total. The monoisotopic (exact) mass is 335 g/mol. The van der Waals surface area contributed by atoms with Crippen LogP contribution in [-0.2, 0) is 6.42 Å². The van der Waals surface area contributed by atoms with Crippen LogP contribution in [0.5, 0.6) is 11.5 Å². The predicted molar refractivity (Wildman–Crippen MR) is 79.4 cm³/mol. The van der Waals surface area contributed by atoms with Crippen LogP contribution < -0.4 is 14.8 Å². The van der Waals surface area contributed by atoms with Crippen molar-refractivity contribution in [1.82, 2.24) is 9.97 Å². The van der Waals surface area contributed by atoms with E-state index in [2.05, 4.69) is 37.3 Å². The number of nitrogens with zero attached hydrogens (tertiary/aromatic N) is 2. The van der Waals surface area contributed by atoms with Gasteiger partial charge in [0.25, 0.3) is 0 Å². The molecule has 0 saturated heterocycles. The molecule has 5 nitrogen and oxygen atoms in total. The summed E-state index contributed by atoms with van der Waals surface area (Å²) in [6.07, 6.45) is 2.41. The molecule has 3 rings (SSSR count). The highest BCUT2D eigenvalue weighted by molar-refractivity contribution is 9.10. The number of rotatable bonds is 4. The maximum atomic E-state index is 5.57. The molecule has 20 heavy (non-hydrogen) atoms. The fraction of sp³-hybridized carbons (Fsp3) is 0.286. The number of anilines is 1. The Bertz CT molecular complexity index is 607. The molecule has 0 fully saturated rings. The van der Waals surface area contributed by atoms with E-state index in [-0.39, 0.29) is 0 Å². The smallest absolute Gasteiger partial charge is 0.161 e. The molecule has 0 atom stereocenters. The molecule has 0 amide bonds. The molecule has 1 aromatic carbocycles. The average Bonchev–Trinajstić information content (AvgIpc) is 2.47. The minimum Gasteiger partial charge on any atom is -0.486 e. The first-order valence-electron chi connectivity index (χ1n) is 6.41. The number of benzene rings is 1. The fourth-order valence-electron chi connectivity index (χ4n) is 2.01. The quantitative estimate of drug-likeness (QED) is 0.870. The van der Waals surface area contributed by atoms with Crippen LogP contribution in [-0.4, -0.2) is 29.7 Å². The highest BCUT2D eigenvalue weighted by atomic mass is 79.9. The van der Waals surface area contributed by atoms with Crippen LogP contribution in [0.2, 0.25) is 0 Å². The standard InChI is InChI=1S/C14H14BrN3O2/c15-13-8-14(18-9-17-13)16-4-3-10-1-2-11-12(7-10)20-6-5-19-11/h1-2,7-9H,3-6H2,(H,16,17,18). The van der Waals surface area contributed by atoms with Gasteiger partial charge in [-0.05, 0) is 40.0 Å². The number of hydrogen-bond donors (Lipinski definition) is 1. The van der Waals surface area contributed by atoms with Crippen molar-refractivity contribution in [3.63, 3.8) is 0 Å². The van der Waals surface area contributed by atoms with Crippen molar-refractivity contribution in [3.8, 4) is 11.5 Å². The lowest BCUT2D eigenvalue weighted by molar-refractivity contribution is 0.171. The van der Waals surface area contributed by atoms with Gasteiger partial charge in [0.1, 0.15) is 30.0 Å². The lowest BCUT2D eigenvalue weighted by atomic mass is 10.1. The van der Waals surface area contributed by atoms with Crippen LogP contribution in [0.25, 0.3) is 0 Å². The van der Waals surface area contributed by atoms with Crippen molar-refractivity contribution in [1.29, 1.82) is 0 Å². The van der Waals surface area contributed by atoms with E-state index in [4.69, 9.17) is 9.47 Å². The number of ether oxygens (including phenoxy) is 2. The third kappa shape index (κ3) is 3.19. The molecule has 0 saturated carbocycles. The van der Waals surface area contributed by atoms with Crippen molar-refractivity contribution < 1.29 is 9.47 Å². The van der Waals surface area contributed by atoms with Crippen molar-refractivity contribution in [2.45, 2.75) is 6.42 Å². The summed E-state index contributed by atoms with van der Waals surface area (Å²) >= 11 is 3.32. The Balaban J connectivity index is 1.58. The van der Waals surface area contributed by atoms with Gasteiger partial charge in [-0.3, -0.25) is 0 Å². The minimum atomic E-state index is 0.615. The second-order valence-electron chi connectivity index (χ2n) is 4.38. The first kappa shape index (κ1) is 13.2. The molecule has 104 valence electrons. The average molecular weight is 336 g/mol. The van der Waals surface area contributed by atoms with Gasteiger partial charge in [-0.25, -0.2) is 9.97 Å². The van der Waals surface area contributed by atoms with Crippen LogP contribution in [0.4, 0.5) is 5.82 Å². The molecule has 0 aliphatic carbocycles. The Hall–Kier alpha value is -1.82. The Labute approximate surface area is 125 Å².